The molecule has 0 bridgehead atoms. The van der Waals surface area contributed by atoms with Crippen LogP contribution in [0.4, 0.5) is 0 Å². The van der Waals surface area contributed by atoms with Crippen LogP contribution in [0.3, 0.4) is 0 Å². The van der Waals surface area contributed by atoms with Gasteiger partial charge in [0, 0.05) is 0 Å². The highest BCUT2D eigenvalue weighted by molar-refractivity contribution is 5.81. The highest BCUT2D eigenvalue weighted by Gasteiger charge is 2.08. The Kier molecular flexibility index (Phi) is 4.95. The summed E-state index contributed by atoms with van der Waals surface area (Å²) in [5.41, 5.74) is 1.27. The smallest absolute Gasteiger partial charge is 0.0540 e. The topological polar surface area (TPSA) is 32.6 Å². The van der Waals surface area contributed by atoms with E-state index < -0.39 is 0 Å². The zero-order chi connectivity index (χ0) is 9.61. The van der Waals surface area contributed by atoms with Crippen LogP contribution in [-0.2, 0) is 0 Å². The van der Waals surface area contributed by atoms with Crippen molar-refractivity contribution in [2.24, 2.45) is 10.6 Å². The molecule has 0 spiro atoms. The van der Waals surface area contributed by atoms with Crippen molar-refractivity contribution in [3.63, 3.8) is 0 Å². The summed E-state index contributed by atoms with van der Waals surface area (Å²) < 4.78 is 0. The molecule has 0 heterocycles. The number of hydrogen-bond acceptors (Lipinski definition) is 2. The van der Waals surface area contributed by atoms with Gasteiger partial charge in [0.05, 0.1) is 5.71 Å². The van der Waals surface area contributed by atoms with Crippen LogP contribution in [0.2, 0.25) is 0 Å². The molecule has 2 heteroatoms. The van der Waals surface area contributed by atoms with Gasteiger partial charge in [-0.15, -0.1) is 0 Å². The highest BCUT2D eigenvalue weighted by Crippen LogP contribution is 2.21. The van der Waals surface area contributed by atoms with Crippen LogP contribution >= 0.6 is 0 Å². The summed E-state index contributed by atoms with van der Waals surface area (Å²) in [4.78, 5) is 0. The average Bonchev–Trinajstić information content (AvgIpc) is 1.96. The Morgan fingerprint density at radius 1 is 1.25 bits per heavy atom. The van der Waals surface area contributed by atoms with Gasteiger partial charge in [0.2, 0.25) is 0 Å². The maximum absolute atomic E-state index is 8.38. The number of oxime groups is 1. The minimum atomic E-state index is 0.435. The zero-order valence-electron chi connectivity index (χ0n) is 8.72. The predicted octanol–water partition coefficient (Wildman–Crippen LogP) is 3.44. The first-order valence-electron chi connectivity index (χ1n) is 4.63. The maximum atomic E-state index is 8.38. The average molecular weight is 171 g/mol. The summed E-state index contributed by atoms with van der Waals surface area (Å²) >= 11 is 0. The van der Waals surface area contributed by atoms with Gasteiger partial charge in [0.1, 0.15) is 0 Å². The van der Waals surface area contributed by atoms with E-state index in [1.54, 1.807) is 0 Å². The van der Waals surface area contributed by atoms with E-state index in [0.717, 1.165) is 18.6 Å². The SMILES string of the molecule is CC(CCCCC(C)(C)C)=NO. The normalized spacial score (nSPS) is 13.5. The van der Waals surface area contributed by atoms with Crippen LogP contribution in [0.1, 0.15) is 53.4 Å². The van der Waals surface area contributed by atoms with Gasteiger partial charge in [-0.05, 0) is 31.6 Å². The van der Waals surface area contributed by atoms with Crippen molar-refractivity contribution < 1.29 is 5.21 Å². The molecule has 0 aromatic heterocycles. The third-order valence-electron chi connectivity index (χ3n) is 1.89. The van der Waals surface area contributed by atoms with Gasteiger partial charge in [0.25, 0.3) is 0 Å². The molecule has 2 nitrogen and oxygen atoms in total. The lowest BCUT2D eigenvalue weighted by Gasteiger charge is -2.17. The van der Waals surface area contributed by atoms with Crippen molar-refractivity contribution >= 4 is 5.71 Å². The van der Waals surface area contributed by atoms with Crippen LogP contribution in [0.25, 0.3) is 0 Å². The molecule has 0 aliphatic heterocycles. The van der Waals surface area contributed by atoms with Crippen LogP contribution in [0, 0.1) is 5.41 Å². The summed E-state index contributed by atoms with van der Waals surface area (Å²) in [5.74, 6) is 0. The number of rotatable bonds is 4. The lowest BCUT2D eigenvalue weighted by atomic mass is 9.89. The molecule has 0 amide bonds. The molecule has 0 unspecified atom stereocenters. The van der Waals surface area contributed by atoms with E-state index in [0.29, 0.717) is 5.41 Å². The minimum Gasteiger partial charge on any atom is -0.411 e. The van der Waals surface area contributed by atoms with Crippen LogP contribution in [0.5, 0.6) is 0 Å². The van der Waals surface area contributed by atoms with Crippen LogP contribution < -0.4 is 0 Å². The van der Waals surface area contributed by atoms with E-state index in [-0.39, 0.29) is 0 Å². The van der Waals surface area contributed by atoms with Crippen molar-refractivity contribution in [3.8, 4) is 0 Å². The Morgan fingerprint density at radius 2 is 1.83 bits per heavy atom. The molecule has 0 atom stereocenters. The lowest BCUT2D eigenvalue weighted by Crippen LogP contribution is -2.04. The van der Waals surface area contributed by atoms with E-state index in [1.165, 1.54) is 12.8 Å². The van der Waals surface area contributed by atoms with Crippen LogP contribution in [-0.4, -0.2) is 10.9 Å². The molecule has 0 aromatic carbocycles. The van der Waals surface area contributed by atoms with Crippen molar-refractivity contribution in [2.45, 2.75) is 53.4 Å². The molecule has 0 saturated heterocycles. The zero-order valence-corrected chi connectivity index (χ0v) is 8.72. The van der Waals surface area contributed by atoms with Gasteiger partial charge in [0.15, 0.2) is 0 Å². The summed E-state index contributed by atoms with van der Waals surface area (Å²) in [6.07, 6.45) is 4.52. The number of hydrogen-bond donors (Lipinski definition) is 1. The fourth-order valence-electron chi connectivity index (χ4n) is 1.09. The van der Waals surface area contributed by atoms with E-state index in [9.17, 15) is 0 Å². The van der Waals surface area contributed by atoms with E-state index >= 15 is 0 Å². The fraction of sp³-hybridized carbons (Fsp3) is 0.900. The Hall–Kier alpha value is -0.530. The number of nitrogens with zero attached hydrogens (tertiary/aromatic N) is 1. The standard InChI is InChI=1S/C10H21NO/c1-9(11-12)7-5-6-8-10(2,3)4/h12H,5-8H2,1-4H3. The quantitative estimate of drug-likeness (QED) is 0.299. The summed E-state index contributed by atoms with van der Waals surface area (Å²) in [5, 5.41) is 11.5. The van der Waals surface area contributed by atoms with Gasteiger partial charge in [-0.1, -0.05) is 32.3 Å². The Balaban J connectivity index is 3.34. The predicted molar refractivity (Wildman–Crippen MR) is 52.8 cm³/mol. The highest BCUT2D eigenvalue weighted by atomic mass is 16.4. The van der Waals surface area contributed by atoms with E-state index in [1.807, 2.05) is 6.92 Å². The van der Waals surface area contributed by atoms with Crippen molar-refractivity contribution in [3.05, 3.63) is 0 Å². The van der Waals surface area contributed by atoms with Crippen molar-refractivity contribution in [1.82, 2.24) is 0 Å². The monoisotopic (exact) mass is 171 g/mol. The molecule has 0 rings (SSSR count). The minimum absolute atomic E-state index is 0.435. The van der Waals surface area contributed by atoms with Gasteiger partial charge in [-0.3, -0.25) is 0 Å². The van der Waals surface area contributed by atoms with Gasteiger partial charge < -0.3 is 5.21 Å². The molecule has 0 aliphatic rings. The van der Waals surface area contributed by atoms with Gasteiger partial charge in [-0.25, -0.2) is 0 Å². The lowest BCUT2D eigenvalue weighted by molar-refractivity contribution is 0.316. The molecular weight excluding hydrogens is 150 g/mol. The summed E-state index contributed by atoms with van der Waals surface area (Å²) in [6, 6.07) is 0. The maximum Gasteiger partial charge on any atom is 0.0540 e. The molecule has 1 N–H and O–H groups in total. The van der Waals surface area contributed by atoms with Crippen molar-refractivity contribution in [1.29, 1.82) is 0 Å². The second-order valence-corrected chi connectivity index (χ2v) is 4.60. The summed E-state index contributed by atoms with van der Waals surface area (Å²) in [6.45, 7) is 8.61. The first kappa shape index (κ1) is 11.5. The second kappa shape index (κ2) is 5.18. The molecular formula is C10H21NO. The number of unbranched alkanes of at least 4 members (excludes halogenated alkanes) is 1. The van der Waals surface area contributed by atoms with Crippen molar-refractivity contribution in [2.75, 3.05) is 0 Å². The first-order chi connectivity index (χ1) is 5.45. The first-order valence-corrected chi connectivity index (χ1v) is 4.63. The molecule has 0 aromatic rings. The second-order valence-electron chi connectivity index (χ2n) is 4.60. The Morgan fingerprint density at radius 3 is 2.25 bits per heavy atom. The molecule has 12 heavy (non-hydrogen) atoms. The Labute approximate surface area is 75.7 Å². The van der Waals surface area contributed by atoms with E-state index in [4.69, 9.17) is 5.21 Å². The van der Waals surface area contributed by atoms with Gasteiger partial charge >= 0.3 is 0 Å². The molecule has 0 fully saturated rings. The largest absolute Gasteiger partial charge is 0.411 e. The molecule has 0 aliphatic carbocycles. The molecule has 0 saturated carbocycles. The summed E-state index contributed by atoms with van der Waals surface area (Å²) in [7, 11) is 0. The molecule has 72 valence electrons. The molecule has 0 radical (unpaired) electrons. The van der Waals surface area contributed by atoms with Gasteiger partial charge in [-0.2, -0.15) is 0 Å². The fourth-order valence-corrected chi connectivity index (χ4v) is 1.09. The van der Waals surface area contributed by atoms with E-state index in [2.05, 4.69) is 25.9 Å². The third-order valence-corrected chi connectivity index (χ3v) is 1.89. The Bertz CT molecular complexity index is 144. The third kappa shape index (κ3) is 7.58. The van der Waals surface area contributed by atoms with Crippen LogP contribution in [0.15, 0.2) is 5.16 Å².